The Morgan fingerprint density at radius 1 is 1.69 bits per heavy atom. The Labute approximate surface area is 76.1 Å². The highest BCUT2D eigenvalue weighted by Crippen LogP contribution is 1.93. The molecule has 0 radical (unpaired) electrons. The van der Waals surface area contributed by atoms with Crippen LogP contribution in [0.5, 0.6) is 0 Å². The summed E-state index contributed by atoms with van der Waals surface area (Å²) >= 11 is 0. The molecule has 0 aliphatic carbocycles. The van der Waals surface area contributed by atoms with E-state index in [0.29, 0.717) is 0 Å². The van der Waals surface area contributed by atoms with E-state index in [1.54, 1.807) is 0 Å². The molecule has 0 saturated heterocycles. The molecule has 2 N–H and O–H groups in total. The molecule has 13 heavy (non-hydrogen) atoms. The average molecular weight is 185 g/mol. The third kappa shape index (κ3) is 4.13. The Morgan fingerprint density at radius 3 is 2.69 bits per heavy atom. The lowest BCUT2D eigenvalue weighted by Gasteiger charge is -2.12. The zero-order chi connectivity index (χ0) is 10.3. The van der Waals surface area contributed by atoms with Gasteiger partial charge in [0.05, 0.1) is 7.11 Å². The zero-order valence-electron chi connectivity index (χ0n) is 7.24. The van der Waals surface area contributed by atoms with Crippen molar-refractivity contribution in [2.75, 3.05) is 13.7 Å². The van der Waals surface area contributed by atoms with Gasteiger partial charge in [-0.3, -0.25) is 4.79 Å². The highest BCUT2D eigenvalue weighted by Gasteiger charge is 2.19. The minimum atomic E-state index is -0.880. The van der Waals surface area contributed by atoms with Gasteiger partial charge in [-0.2, -0.15) is 0 Å². The SMILES string of the molecule is C#CC[C@H](NC(=O)CO)C(=O)OC. The van der Waals surface area contributed by atoms with Crippen molar-refractivity contribution in [2.24, 2.45) is 0 Å². The average Bonchev–Trinajstić information content (AvgIpc) is 2.15. The number of carbonyl (C=O) groups excluding carboxylic acids is 2. The topological polar surface area (TPSA) is 75.6 Å². The van der Waals surface area contributed by atoms with Crippen LogP contribution in [0, 0.1) is 12.3 Å². The smallest absolute Gasteiger partial charge is 0.329 e. The third-order valence-corrected chi connectivity index (χ3v) is 1.29. The van der Waals surface area contributed by atoms with Crippen molar-refractivity contribution < 1.29 is 19.4 Å². The van der Waals surface area contributed by atoms with Crippen LogP contribution in [0.3, 0.4) is 0 Å². The number of rotatable bonds is 4. The molecule has 72 valence electrons. The van der Waals surface area contributed by atoms with Crippen LogP contribution >= 0.6 is 0 Å². The molecule has 5 nitrogen and oxygen atoms in total. The fourth-order valence-electron chi connectivity index (χ4n) is 0.693. The van der Waals surface area contributed by atoms with Crippen LogP contribution in [0.2, 0.25) is 0 Å². The number of esters is 1. The zero-order valence-corrected chi connectivity index (χ0v) is 7.24. The summed E-state index contributed by atoms with van der Waals surface area (Å²) in [5, 5.41) is 10.6. The van der Waals surface area contributed by atoms with Crippen molar-refractivity contribution in [1.82, 2.24) is 5.32 Å². The van der Waals surface area contributed by atoms with Crippen molar-refractivity contribution in [2.45, 2.75) is 12.5 Å². The number of amides is 1. The van der Waals surface area contributed by atoms with E-state index in [4.69, 9.17) is 11.5 Å². The Balaban J connectivity index is 4.18. The number of ether oxygens (including phenoxy) is 1. The van der Waals surface area contributed by atoms with Crippen LogP contribution in [0.15, 0.2) is 0 Å². The first kappa shape index (κ1) is 11.5. The van der Waals surface area contributed by atoms with Gasteiger partial charge in [0.1, 0.15) is 12.6 Å². The Morgan fingerprint density at radius 2 is 2.31 bits per heavy atom. The standard InChI is InChI=1S/C8H11NO4/c1-3-4-6(8(12)13-2)9-7(11)5-10/h1,6,10H,4-5H2,2H3,(H,9,11)/t6-/m0/s1. The molecule has 0 aromatic rings. The highest BCUT2D eigenvalue weighted by atomic mass is 16.5. The number of aliphatic hydroxyl groups excluding tert-OH is 1. The number of nitrogens with one attached hydrogen (secondary N) is 1. The van der Waals surface area contributed by atoms with E-state index in [-0.39, 0.29) is 6.42 Å². The van der Waals surface area contributed by atoms with Gasteiger partial charge in [-0.1, -0.05) is 0 Å². The summed E-state index contributed by atoms with van der Waals surface area (Å²) < 4.78 is 4.38. The first-order valence-corrected chi connectivity index (χ1v) is 3.57. The van der Waals surface area contributed by atoms with E-state index in [1.165, 1.54) is 7.11 Å². The van der Waals surface area contributed by atoms with Gasteiger partial charge in [-0.05, 0) is 0 Å². The molecule has 0 saturated carbocycles. The van der Waals surface area contributed by atoms with Gasteiger partial charge in [0, 0.05) is 6.42 Å². The number of terminal acetylenes is 1. The van der Waals surface area contributed by atoms with Crippen LogP contribution in [-0.2, 0) is 14.3 Å². The molecule has 0 aliphatic heterocycles. The van der Waals surface area contributed by atoms with Gasteiger partial charge < -0.3 is 15.2 Å². The van der Waals surface area contributed by atoms with Crippen LogP contribution < -0.4 is 5.32 Å². The van der Waals surface area contributed by atoms with E-state index < -0.39 is 24.5 Å². The number of carbonyl (C=O) groups is 2. The normalized spacial score (nSPS) is 11.2. The predicted molar refractivity (Wildman–Crippen MR) is 44.5 cm³/mol. The summed E-state index contributed by atoms with van der Waals surface area (Å²) in [5.41, 5.74) is 0. The summed E-state index contributed by atoms with van der Waals surface area (Å²) in [6.45, 7) is -0.682. The summed E-state index contributed by atoms with van der Waals surface area (Å²) in [5.74, 6) is 0.929. The number of aliphatic hydroxyl groups is 1. The molecule has 0 aromatic heterocycles. The van der Waals surface area contributed by atoms with Crippen LogP contribution in [0.25, 0.3) is 0 Å². The molecule has 0 aliphatic rings. The molecular weight excluding hydrogens is 174 g/mol. The van der Waals surface area contributed by atoms with Gasteiger partial charge in [0.2, 0.25) is 5.91 Å². The lowest BCUT2D eigenvalue weighted by molar-refractivity contribution is -0.145. The number of hydrogen-bond donors (Lipinski definition) is 2. The Bertz CT molecular complexity index is 231. The largest absolute Gasteiger partial charge is 0.467 e. The van der Waals surface area contributed by atoms with Gasteiger partial charge in [-0.15, -0.1) is 12.3 Å². The van der Waals surface area contributed by atoms with Crippen LogP contribution in [0.4, 0.5) is 0 Å². The summed E-state index contributed by atoms with van der Waals surface area (Å²) in [4.78, 5) is 21.6. The molecule has 0 aromatic carbocycles. The fraction of sp³-hybridized carbons (Fsp3) is 0.500. The van der Waals surface area contributed by atoms with E-state index in [9.17, 15) is 9.59 Å². The van der Waals surface area contributed by atoms with Crippen molar-refractivity contribution in [1.29, 1.82) is 0 Å². The van der Waals surface area contributed by atoms with Crippen LogP contribution in [-0.4, -0.2) is 36.7 Å². The maximum atomic E-state index is 10.9. The maximum Gasteiger partial charge on any atom is 0.329 e. The lowest BCUT2D eigenvalue weighted by Crippen LogP contribution is -2.42. The predicted octanol–water partition coefficient (Wildman–Crippen LogP) is -1.34. The molecule has 1 atom stereocenters. The molecule has 0 spiro atoms. The molecule has 0 rings (SSSR count). The summed E-state index contributed by atoms with van der Waals surface area (Å²) in [6.07, 6.45) is 5.01. The molecule has 0 heterocycles. The molecule has 0 fully saturated rings. The second-order valence-corrected chi connectivity index (χ2v) is 2.21. The number of hydrogen-bond acceptors (Lipinski definition) is 4. The first-order valence-electron chi connectivity index (χ1n) is 3.57. The third-order valence-electron chi connectivity index (χ3n) is 1.29. The lowest BCUT2D eigenvalue weighted by atomic mass is 10.2. The highest BCUT2D eigenvalue weighted by molar-refractivity contribution is 5.85. The molecular formula is C8H11NO4. The molecule has 5 heteroatoms. The summed E-state index contributed by atoms with van der Waals surface area (Å²) in [7, 11) is 1.19. The molecule has 0 unspecified atom stereocenters. The minimum absolute atomic E-state index is 0.0401. The van der Waals surface area contributed by atoms with Crippen molar-refractivity contribution >= 4 is 11.9 Å². The monoisotopic (exact) mass is 185 g/mol. The van der Waals surface area contributed by atoms with Crippen LogP contribution in [0.1, 0.15) is 6.42 Å². The van der Waals surface area contributed by atoms with Gasteiger partial charge in [-0.25, -0.2) is 4.79 Å². The van der Waals surface area contributed by atoms with E-state index in [0.717, 1.165) is 0 Å². The van der Waals surface area contributed by atoms with E-state index >= 15 is 0 Å². The van der Waals surface area contributed by atoms with Crippen molar-refractivity contribution in [3.05, 3.63) is 0 Å². The van der Waals surface area contributed by atoms with Crippen molar-refractivity contribution in [3.63, 3.8) is 0 Å². The van der Waals surface area contributed by atoms with Gasteiger partial charge in [0.25, 0.3) is 0 Å². The molecule has 0 bridgehead atoms. The van der Waals surface area contributed by atoms with E-state index in [2.05, 4.69) is 16.0 Å². The quantitative estimate of drug-likeness (QED) is 0.420. The maximum absolute atomic E-state index is 10.9. The summed E-state index contributed by atoms with van der Waals surface area (Å²) in [6, 6.07) is -0.880. The second-order valence-electron chi connectivity index (χ2n) is 2.21. The Hall–Kier alpha value is -1.54. The van der Waals surface area contributed by atoms with Crippen molar-refractivity contribution in [3.8, 4) is 12.3 Å². The number of methoxy groups -OCH3 is 1. The van der Waals surface area contributed by atoms with E-state index in [1.807, 2.05) is 0 Å². The minimum Gasteiger partial charge on any atom is -0.467 e. The Kier molecular flexibility index (Phi) is 5.32. The molecule has 1 amide bonds. The van der Waals surface area contributed by atoms with Gasteiger partial charge in [0.15, 0.2) is 0 Å². The first-order chi connectivity index (χ1) is 6.15. The fourth-order valence-corrected chi connectivity index (χ4v) is 0.693. The van der Waals surface area contributed by atoms with Gasteiger partial charge >= 0.3 is 5.97 Å². The second kappa shape index (κ2) is 6.03.